The van der Waals surface area contributed by atoms with E-state index in [-0.39, 0.29) is 17.3 Å². The number of anilines is 3. The fraction of sp³-hybridized carbons (Fsp3) is 0.179. The quantitative estimate of drug-likeness (QED) is 0.195. The number of urea groups is 1. The van der Waals surface area contributed by atoms with E-state index in [1.807, 2.05) is 0 Å². The van der Waals surface area contributed by atoms with Gasteiger partial charge in [0.15, 0.2) is 11.6 Å². The zero-order chi connectivity index (χ0) is 30.1. The smallest absolute Gasteiger partial charge is 0.451 e. The monoisotopic (exact) mass is 583 g/mol. The van der Waals surface area contributed by atoms with Gasteiger partial charge in [0.2, 0.25) is 5.82 Å². The Bertz CT molecular complexity index is 1510. The summed E-state index contributed by atoms with van der Waals surface area (Å²) >= 11 is 0. The molecule has 4 aromatic rings. The fourth-order valence-electron chi connectivity index (χ4n) is 3.70. The molecule has 5 rings (SSSR count). The molecule has 0 radical (unpaired) electrons. The maximum absolute atomic E-state index is 13.8. The van der Waals surface area contributed by atoms with E-state index in [1.165, 1.54) is 18.3 Å². The third-order valence-corrected chi connectivity index (χ3v) is 5.74. The van der Waals surface area contributed by atoms with E-state index in [9.17, 15) is 27.2 Å². The molecule has 1 saturated heterocycles. The van der Waals surface area contributed by atoms with Crippen LogP contribution in [0.15, 0.2) is 79.3 Å². The molecule has 1 aliphatic rings. The van der Waals surface area contributed by atoms with Gasteiger partial charge < -0.3 is 20.7 Å². The van der Waals surface area contributed by atoms with Crippen LogP contribution in [0.2, 0.25) is 0 Å². The topological polar surface area (TPSA) is 135 Å². The molecule has 3 heterocycles. The Morgan fingerprint density at radius 3 is 2.24 bits per heavy atom. The predicted molar refractivity (Wildman–Crippen MR) is 146 cm³/mol. The van der Waals surface area contributed by atoms with Crippen molar-refractivity contribution in [2.45, 2.75) is 19.0 Å². The first kappa shape index (κ1) is 29.7. The zero-order valence-electron chi connectivity index (χ0n) is 21.9. The maximum Gasteiger partial charge on any atom is 0.451 e. The van der Waals surface area contributed by atoms with Crippen molar-refractivity contribution in [2.24, 2.45) is 0 Å². The van der Waals surface area contributed by atoms with E-state index in [0.29, 0.717) is 22.9 Å². The number of aromatic nitrogens is 3. The van der Waals surface area contributed by atoms with Gasteiger partial charge in [-0.1, -0.05) is 18.2 Å². The number of pyridine rings is 1. The average Bonchev–Trinajstić information content (AvgIpc) is 3.51. The highest BCUT2D eigenvalue weighted by Gasteiger charge is 2.34. The lowest BCUT2D eigenvalue weighted by Crippen LogP contribution is -2.32. The van der Waals surface area contributed by atoms with Crippen LogP contribution in [0.5, 0.6) is 11.5 Å². The first-order valence-corrected chi connectivity index (χ1v) is 12.6. The molecular weight excluding hydrogens is 558 g/mol. The van der Waals surface area contributed by atoms with Crippen molar-refractivity contribution < 1.29 is 31.9 Å². The molecule has 1 fully saturated rings. The van der Waals surface area contributed by atoms with Gasteiger partial charge in [0.1, 0.15) is 11.6 Å². The van der Waals surface area contributed by atoms with Crippen molar-refractivity contribution in [1.29, 1.82) is 0 Å². The molecule has 218 valence electrons. The summed E-state index contributed by atoms with van der Waals surface area (Å²) in [5.74, 6) is -1.61. The third kappa shape index (κ3) is 8.36. The van der Waals surface area contributed by atoms with Crippen molar-refractivity contribution in [3.63, 3.8) is 0 Å². The van der Waals surface area contributed by atoms with E-state index >= 15 is 0 Å². The summed E-state index contributed by atoms with van der Waals surface area (Å²) in [7, 11) is 0. The minimum atomic E-state index is -4.62. The second-order valence-electron chi connectivity index (χ2n) is 8.91. The van der Waals surface area contributed by atoms with Crippen LogP contribution in [0.3, 0.4) is 0 Å². The lowest BCUT2D eigenvalue weighted by atomic mass is 10.3. The number of rotatable bonds is 5. The number of carbonyl (C=O) groups is 2. The van der Waals surface area contributed by atoms with Gasteiger partial charge in [0, 0.05) is 55.2 Å². The van der Waals surface area contributed by atoms with Gasteiger partial charge in [0.25, 0.3) is 5.91 Å². The third-order valence-electron chi connectivity index (χ3n) is 5.74. The Labute approximate surface area is 237 Å². The van der Waals surface area contributed by atoms with Crippen LogP contribution in [0.25, 0.3) is 0 Å². The number of likely N-dealkylation sites (tertiary alicyclic amines) is 1. The second kappa shape index (κ2) is 13.4. The lowest BCUT2D eigenvalue weighted by Gasteiger charge is -2.16. The number of nitrogens with two attached hydrogens (primary N) is 1. The van der Waals surface area contributed by atoms with Crippen molar-refractivity contribution >= 4 is 29.1 Å². The van der Waals surface area contributed by atoms with Crippen LogP contribution < -0.4 is 21.1 Å². The number of halogens is 4. The number of nitrogens with one attached hydrogen (secondary N) is 2. The first-order chi connectivity index (χ1) is 20.1. The molecule has 1 aliphatic heterocycles. The maximum atomic E-state index is 13.8. The van der Waals surface area contributed by atoms with Gasteiger partial charge in [-0.05, 0) is 43.2 Å². The van der Waals surface area contributed by atoms with Gasteiger partial charge in [-0.15, -0.1) is 0 Å². The summed E-state index contributed by atoms with van der Waals surface area (Å²) in [5.41, 5.74) is 6.31. The number of para-hydroxylation sites is 1. The van der Waals surface area contributed by atoms with Crippen LogP contribution in [0.4, 0.5) is 39.5 Å². The number of nitrogens with zero attached hydrogens (tertiary/aromatic N) is 4. The molecule has 2 aromatic heterocycles. The van der Waals surface area contributed by atoms with E-state index in [2.05, 4.69) is 25.6 Å². The highest BCUT2D eigenvalue weighted by Crippen LogP contribution is 2.27. The summed E-state index contributed by atoms with van der Waals surface area (Å²) in [6.07, 6.45) is 0.585. The summed E-state index contributed by atoms with van der Waals surface area (Å²) in [6, 6.07) is 15.7. The molecule has 2 aromatic carbocycles. The molecular formula is C28H25F4N7O3. The van der Waals surface area contributed by atoms with Crippen molar-refractivity contribution in [1.82, 2.24) is 19.9 Å². The molecule has 0 saturated carbocycles. The standard InChI is InChI=1S/C16H17FN4O2.C12H8F3N3O/c17-13-9-11(18)3-4-14(13)23-12-5-6-19-15(10-12)20-16(22)21-7-1-2-8-21;13-12(14,15)11-16-6-8(7-17-11)10(19)18-9-4-2-1-3-5-9/h3-6,9-10H,1-2,7-8,18H2,(H,19,20,22);1-7H,(H,18,19). The minimum Gasteiger partial charge on any atom is -0.454 e. The molecule has 0 bridgehead atoms. The van der Waals surface area contributed by atoms with Gasteiger partial charge in [-0.3, -0.25) is 10.1 Å². The highest BCUT2D eigenvalue weighted by molar-refractivity contribution is 6.03. The molecule has 42 heavy (non-hydrogen) atoms. The number of nitrogen functional groups attached to an aromatic ring is 1. The summed E-state index contributed by atoms with van der Waals surface area (Å²) in [4.78, 5) is 35.8. The van der Waals surface area contributed by atoms with E-state index in [0.717, 1.165) is 38.3 Å². The molecule has 14 heteroatoms. The number of carbonyl (C=O) groups excluding carboxylic acids is 2. The highest BCUT2D eigenvalue weighted by atomic mass is 19.4. The van der Waals surface area contributed by atoms with Gasteiger partial charge in [0.05, 0.1) is 5.56 Å². The molecule has 10 nitrogen and oxygen atoms in total. The second-order valence-corrected chi connectivity index (χ2v) is 8.91. The number of hydrogen-bond donors (Lipinski definition) is 3. The van der Waals surface area contributed by atoms with Crippen LogP contribution in [0.1, 0.15) is 29.0 Å². The molecule has 3 amide bonds. The molecule has 0 spiro atoms. The number of alkyl halides is 3. The van der Waals surface area contributed by atoms with Crippen LogP contribution in [0, 0.1) is 5.82 Å². The Balaban J connectivity index is 0.000000197. The summed E-state index contributed by atoms with van der Waals surface area (Å²) in [5, 5.41) is 5.23. The lowest BCUT2D eigenvalue weighted by molar-refractivity contribution is -0.145. The van der Waals surface area contributed by atoms with Gasteiger partial charge >= 0.3 is 12.2 Å². The average molecular weight is 584 g/mol. The van der Waals surface area contributed by atoms with Crippen molar-refractivity contribution in [2.75, 3.05) is 29.5 Å². The van der Waals surface area contributed by atoms with E-state index in [4.69, 9.17) is 10.5 Å². The SMILES string of the molecule is Nc1ccc(Oc2ccnc(NC(=O)N3CCCC3)c2)c(F)c1.O=C(Nc1ccccc1)c1cnc(C(F)(F)F)nc1. The van der Waals surface area contributed by atoms with Crippen LogP contribution in [-0.4, -0.2) is 44.9 Å². The van der Waals surface area contributed by atoms with E-state index < -0.39 is 23.7 Å². The Kier molecular flexibility index (Phi) is 9.47. The molecule has 0 unspecified atom stereocenters. The van der Waals surface area contributed by atoms with Crippen LogP contribution >= 0.6 is 0 Å². The van der Waals surface area contributed by atoms with Crippen molar-refractivity contribution in [3.05, 3.63) is 96.5 Å². The van der Waals surface area contributed by atoms with Gasteiger partial charge in [-0.25, -0.2) is 24.1 Å². The fourth-order valence-corrected chi connectivity index (χ4v) is 3.70. The first-order valence-electron chi connectivity index (χ1n) is 12.6. The summed E-state index contributed by atoms with van der Waals surface area (Å²) < 4.78 is 56.0. The number of hydrogen-bond acceptors (Lipinski definition) is 7. The Morgan fingerprint density at radius 1 is 0.905 bits per heavy atom. The largest absolute Gasteiger partial charge is 0.454 e. The van der Waals surface area contributed by atoms with E-state index in [1.54, 1.807) is 53.4 Å². The number of amides is 3. The molecule has 0 atom stereocenters. The molecule has 4 N–H and O–H groups in total. The molecule has 0 aliphatic carbocycles. The van der Waals surface area contributed by atoms with Crippen molar-refractivity contribution in [3.8, 4) is 11.5 Å². The van der Waals surface area contributed by atoms with Crippen LogP contribution in [-0.2, 0) is 6.18 Å². The normalized spacial score (nSPS) is 12.6. The Morgan fingerprint density at radius 2 is 1.60 bits per heavy atom. The number of ether oxygens (including phenoxy) is 1. The predicted octanol–water partition coefficient (Wildman–Crippen LogP) is 5.97. The minimum absolute atomic E-state index is 0.0446. The summed E-state index contributed by atoms with van der Waals surface area (Å²) in [6.45, 7) is 1.50. The Hall–Kier alpha value is -5.27. The number of benzene rings is 2. The zero-order valence-corrected chi connectivity index (χ0v) is 21.9. The van der Waals surface area contributed by atoms with Gasteiger partial charge in [-0.2, -0.15) is 13.2 Å².